The van der Waals surface area contributed by atoms with E-state index in [0.29, 0.717) is 26.7 Å². The van der Waals surface area contributed by atoms with E-state index < -0.39 is 6.04 Å². The smallest absolute Gasteiger partial charge is 0.297 e. The average Bonchev–Trinajstić information content (AvgIpc) is 3.19. The monoisotopic (exact) mass is 500 g/mol. The molecule has 30 heavy (non-hydrogen) atoms. The standard InChI is InChI=1S/C22H14BrClN2O3S/c1-10-11(2)30-22(25-10)26-18(12-4-3-5-14(24)8-12)17-19(27)15-9-13(23)6-7-16(15)29-20(17)21(26)28/h3-9,18H,1-2H3. The molecule has 1 amide bonds. The van der Waals surface area contributed by atoms with Crippen molar-refractivity contribution in [2.45, 2.75) is 19.9 Å². The normalized spacial score (nSPS) is 15.8. The van der Waals surface area contributed by atoms with E-state index >= 15 is 0 Å². The number of aryl methyl sites for hydroxylation is 2. The van der Waals surface area contributed by atoms with Crippen LogP contribution in [0.3, 0.4) is 0 Å². The molecule has 1 atom stereocenters. The van der Waals surface area contributed by atoms with Gasteiger partial charge < -0.3 is 4.42 Å². The predicted octanol–water partition coefficient (Wildman–Crippen LogP) is 6.03. The van der Waals surface area contributed by atoms with Crippen molar-refractivity contribution in [2.24, 2.45) is 0 Å². The number of carbonyl (C=O) groups is 1. The van der Waals surface area contributed by atoms with E-state index in [2.05, 4.69) is 20.9 Å². The molecule has 0 radical (unpaired) electrons. The third kappa shape index (κ3) is 2.92. The quantitative estimate of drug-likeness (QED) is 0.336. The molecule has 4 aromatic rings. The molecule has 0 saturated heterocycles. The van der Waals surface area contributed by atoms with Gasteiger partial charge in [0.1, 0.15) is 5.58 Å². The van der Waals surface area contributed by atoms with Gasteiger partial charge in [0.05, 0.1) is 22.7 Å². The van der Waals surface area contributed by atoms with Crippen LogP contribution in [0.1, 0.15) is 38.3 Å². The number of aromatic nitrogens is 1. The molecule has 0 bridgehead atoms. The summed E-state index contributed by atoms with van der Waals surface area (Å²) in [4.78, 5) is 34.1. The number of benzene rings is 2. The molecule has 3 heterocycles. The number of halogens is 2. The van der Waals surface area contributed by atoms with Gasteiger partial charge in [-0.3, -0.25) is 14.5 Å². The molecule has 150 valence electrons. The molecule has 0 aliphatic carbocycles. The Morgan fingerprint density at radius 3 is 2.67 bits per heavy atom. The molecule has 0 saturated carbocycles. The molecule has 1 aliphatic rings. The summed E-state index contributed by atoms with van der Waals surface area (Å²) >= 11 is 11.1. The van der Waals surface area contributed by atoms with E-state index in [-0.39, 0.29) is 17.1 Å². The van der Waals surface area contributed by atoms with Gasteiger partial charge in [-0.2, -0.15) is 0 Å². The third-order valence-electron chi connectivity index (χ3n) is 5.22. The summed E-state index contributed by atoms with van der Waals surface area (Å²) in [6, 6.07) is 11.7. The van der Waals surface area contributed by atoms with Crippen LogP contribution in [-0.2, 0) is 0 Å². The van der Waals surface area contributed by atoms with Gasteiger partial charge in [-0.15, -0.1) is 11.3 Å². The molecule has 5 rings (SSSR count). The molecule has 8 heteroatoms. The summed E-state index contributed by atoms with van der Waals surface area (Å²) in [5.74, 6) is -0.337. The highest BCUT2D eigenvalue weighted by Gasteiger charge is 2.45. The van der Waals surface area contributed by atoms with E-state index in [1.54, 1.807) is 41.3 Å². The van der Waals surface area contributed by atoms with Gasteiger partial charge >= 0.3 is 0 Å². The number of nitrogens with zero attached hydrogens (tertiary/aromatic N) is 2. The first-order valence-corrected chi connectivity index (χ1v) is 11.1. The zero-order valence-corrected chi connectivity index (χ0v) is 19.1. The van der Waals surface area contributed by atoms with Crippen molar-refractivity contribution in [1.82, 2.24) is 4.98 Å². The third-order valence-corrected chi connectivity index (χ3v) is 7.02. The van der Waals surface area contributed by atoms with E-state index in [1.807, 2.05) is 19.9 Å². The second-order valence-electron chi connectivity index (χ2n) is 7.09. The Morgan fingerprint density at radius 2 is 1.97 bits per heavy atom. The lowest BCUT2D eigenvalue weighted by Gasteiger charge is -2.22. The first-order chi connectivity index (χ1) is 14.3. The van der Waals surface area contributed by atoms with Gasteiger partial charge in [-0.25, -0.2) is 4.98 Å². The number of amides is 1. The molecular weight excluding hydrogens is 488 g/mol. The van der Waals surface area contributed by atoms with Gasteiger partial charge in [0.25, 0.3) is 5.91 Å². The lowest BCUT2D eigenvalue weighted by atomic mass is 9.99. The predicted molar refractivity (Wildman–Crippen MR) is 122 cm³/mol. The molecule has 0 N–H and O–H groups in total. The maximum absolute atomic E-state index is 13.5. The number of hydrogen-bond donors (Lipinski definition) is 0. The number of hydrogen-bond acceptors (Lipinski definition) is 5. The van der Waals surface area contributed by atoms with Crippen molar-refractivity contribution >= 4 is 60.9 Å². The van der Waals surface area contributed by atoms with Crippen molar-refractivity contribution < 1.29 is 9.21 Å². The number of thiazole rings is 1. The van der Waals surface area contributed by atoms with Crippen molar-refractivity contribution in [2.75, 3.05) is 4.90 Å². The van der Waals surface area contributed by atoms with E-state index in [4.69, 9.17) is 16.0 Å². The minimum absolute atomic E-state index is 0.0466. The van der Waals surface area contributed by atoms with Gasteiger partial charge in [0.2, 0.25) is 5.76 Å². The number of carbonyl (C=O) groups excluding carboxylic acids is 1. The number of fused-ring (bicyclic) bond motifs is 2. The molecule has 1 unspecified atom stereocenters. The Kier molecular flexibility index (Phi) is 4.57. The Bertz CT molecular complexity index is 1390. The molecule has 0 spiro atoms. The lowest BCUT2D eigenvalue weighted by molar-refractivity contribution is 0.0971. The molecule has 0 fully saturated rings. The minimum atomic E-state index is -0.671. The summed E-state index contributed by atoms with van der Waals surface area (Å²) in [5, 5.41) is 1.46. The summed E-state index contributed by atoms with van der Waals surface area (Å²) in [6.07, 6.45) is 0. The first kappa shape index (κ1) is 19.5. The van der Waals surface area contributed by atoms with Gasteiger partial charge in [0, 0.05) is 14.4 Å². The fourth-order valence-electron chi connectivity index (χ4n) is 3.69. The summed E-state index contributed by atoms with van der Waals surface area (Å²) in [5.41, 5.74) is 2.00. The highest BCUT2D eigenvalue weighted by Crippen LogP contribution is 2.43. The van der Waals surface area contributed by atoms with Crippen LogP contribution in [0.4, 0.5) is 5.13 Å². The van der Waals surface area contributed by atoms with Gasteiger partial charge in [-0.1, -0.05) is 39.7 Å². The maximum atomic E-state index is 13.5. The Labute approximate surface area is 189 Å². The van der Waals surface area contributed by atoms with Crippen LogP contribution in [-0.4, -0.2) is 10.9 Å². The van der Waals surface area contributed by atoms with E-state index in [1.165, 1.54) is 11.3 Å². The zero-order valence-electron chi connectivity index (χ0n) is 15.9. The minimum Gasteiger partial charge on any atom is -0.450 e. The molecule has 2 aromatic heterocycles. The van der Waals surface area contributed by atoms with Gasteiger partial charge in [-0.05, 0) is 49.7 Å². The van der Waals surface area contributed by atoms with Crippen LogP contribution in [0, 0.1) is 13.8 Å². The van der Waals surface area contributed by atoms with Crippen LogP contribution >= 0.6 is 38.9 Å². The fraction of sp³-hybridized carbons (Fsp3) is 0.136. The van der Waals surface area contributed by atoms with Crippen LogP contribution in [0.25, 0.3) is 11.0 Å². The topological polar surface area (TPSA) is 63.4 Å². The van der Waals surface area contributed by atoms with Crippen molar-refractivity contribution in [3.8, 4) is 0 Å². The Balaban J connectivity index is 1.84. The molecular formula is C22H14BrClN2O3S. The van der Waals surface area contributed by atoms with Crippen LogP contribution in [0.5, 0.6) is 0 Å². The lowest BCUT2D eigenvalue weighted by Crippen LogP contribution is -2.29. The van der Waals surface area contributed by atoms with Crippen molar-refractivity contribution in [3.63, 3.8) is 0 Å². The Morgan fingerprint density at radius 1 is 1.17 bits per heavy atom. The second-order valence-corrected chi connectivity index (χ2v) is 9.62. The van der Waals surface area contributed by atoms with Crippen molar-refractivity contribution in [3.05, 3.63) is 89.6 Å². The number of anilines is 1. The van der Waals surface area contributed by atoms with E-state index in [0.717, 1.165) is 20.6 Å². The maximum Gasteiger partial charge on any atom is 0.297 e. The summed E-state index contributed by atoms with van der Waals surface area (Å²) < 4.78 is 6.71. The van der Waals surface area contributed by atoms with E-state index in [9.17, 15) is 9.59 Å². The molecule has 1 aliphatic heterocycles. The van der Waals surface area contributed by atoms with Crippen LogP contribution in [0.2, 0.25) is 5.02 Å². The van der Waals surface area contributed by atoms with Crippen LogP contribution in [0.15, 0.2) is 56.1 Å². The summed E-state index contributed by atoms with van der Waals surface area (Å²) in [7, 11) is 0. The first-order valence-electron chi connectivity index (χ1n) is 9.14. The second kappa shape index (κ2) is 7.04. The van der Waals surface area contributed by atoms with Crippen molar-refractivity contribution in [1.29, 1.82) is 0 Å². The van der Waals surface area contributed by atoms with Gasteiger partial charge in [0.15, 0.2) is 10.6 Å². The SMILES string of the molecule is Cc1nc(N2C(=O)c3oc4ccc(Br)cc4c(=O)c3C2c2cccc(Cl)c2)sc1C. The largest absolute Gasteiger partial charge is 0.450 e. The highest BCUT2D eigenvalue weighted by molar-refractivity contribution is 9.10. The molecule has 5 nitrogen and oxygen atoms in total. The molecule has 2 aromatic carbocycles. The fourth-order valence-corrected chi connectivity index (χ4v) is 5.19. The summed E-state index contributed by atoms with van der Waals surface area (Å²) in [6.45, 7) is 3.85. The average molecular weight is 502 g/mol. The number of rotatable bonds is 2. The highest BCUT2D eigenvalue weighted by atomic mass is 79.9. The van der Waals surface area contributed by atoms with Crippen LogP contribution < -0.4 is 10.3 Å². The zero-order chi connectivity index (χ0) is 21.2. The Hall–Kier alpha value is -2.48.